The molecule has 9 heteroatoms. The lowest BCUT2D eigenvalue weighted by molar-refractivity contribution is -0.136. The fraction of sp³-hybridized carbons (Fsp3) is 0.269. The predicted octanol–water partition coefficient (Wildman–Crippen LogP) is 4.88. The zero-order chi connectivity index (χ0) is 24.9. The molecule has 3 amide bonds. The van der Waals surface area contributed by atoms with Crippen molar-refractivity contribution in [2.75, 3.05) is 26.3 Å². The van der Waals surface area contributed by atoms with Crippen LogP contribution in [0.4, 0.5) is 4.79 Å². The second kappa shape index (κ2) is 11.3. The molecule has 0 bridgehead atoms. The number of fused-ring (bicyclic) bond motifs is 1. The molecular weight excluding hydrogens is 579 g/mol. The molecule has 2 aliphatic heterocycles. The molecule has 2 aromatic rings. The Bertz CT molecular complexity index is 1210. The number of rotatable bonds is 8. The number of ether oxygens (including phenoxy) is 2. The Morgan fingerprint density at radius 2 is 1.97 bits per heavy atom. The minimum Gasteiger partial charge on any atom is -0.490 e. The van der Waals surface area contributed by atoms with Crippen LogP contribution in [0.15, 0.2) is 54.0 Å². The van der Waals surface area contributed by atoms with Crippen molar-refractivity contribution >= 4 is 57.5 Å². The topological polar surface area (TPSA) is 76.2 Å². The average Bonchev–Trinajstić information content (AvgIpc) is 3.10. The number of halogens is 1. The third kappa shape index (κ3) is 5.72. The standard InChI is InChI=1S/C26H25IN2O5S/c1-3-11-34-24-20(27)12-17(13-21(24)33-4-2)14-22-25(31)29(26(32)35-22)16-23(30)28-10-9-18-7-5-6-8-19(18)15-28/h3,5-8,12-14H,1,4,9-11,15-16H2,2H3/b22-14-. The molecule has 0 aliphatic carbocycles. The van der Waals surface area contributed by atoms with E-state index in [4.69, 9.17) is 9.47 Å². The Morgan fingerprint density at radius 1 is 1.20 bits per heavy atom. The first-order valence-corrected chi connectivity index (χ1v) is 13.1. The van der Waals surface area contributed by atoms with Crippen LogP contribution < -0.4 is 9.47 Å². The SMILES string of the molecule is C=CCOc1c(I)cc(/C=C2\SC(=O)N(CC(=O)N3CCc4ccccc4C3)C2=O)cc1OCC. The van der Waals surface area contributed by atoms with Crippen molar-refractivity contribution in [2.45, 2.75) is 19.9 Å². The van der Waals surface area contributed by atoms with Gasteiger partial charge in [0.2, 0.25) is 5.91 Å². The van der Waals surface area contributed by atoms with Gasteiger partial charge in [0.25, 0.3) is 11.1 Å². The number of nitrogens with zero attached hydrogens (tertiary/aromatic N) is 2. The van der Waals surface area contributed by atoms with Gasteiger partial charge in [-0.05, 0) is 82.6 Å². The summed E-state index contributed by atoms with van der Waals surface area (Å²) in [6, 6.07) is 11.6. The van der Waals surface area contributed by atoms with Crippen molar-refractivity contribution in [1.29, 1.82) is 0 Å². The van der Waals surface area contributed by atoms with Gasteiger partial charge < -0.3 is 14.4 Å². The Morgan fingerprint density at radius 3 is 2.71 bits per heavy atom. The number of hydrogen-bond acceptors (Lipinski definition) is 6. The summed E-state index contributed by atoms with van der Waals surface area (Å²) in [5.41, 5.74) is 3.03. The first kappa shape index (κ1) is 25.3. The highest BCUT2D eigenvalue weighted by atomic mass is 127. The van der Waals surface area contributed by atoms with Gasteiger partial charge in [0, 0.05) is 13.1 Å². The first-order chi connectivity index (χ1) is 16.9. The molecule has 0 N–H and O–H groups in total. The van der Waals surface area contributed by atoms with Crippen molar-refractivity contribution in [2.24, 2.45) is 0 Å². The Hall–Kier alpha value is -2.79. The molecule has 0 radical (unpaired) electrons. The maximum Gasteiger partial charge on any atom is 0.294 e. The number of carbonyl (C=O) groups is 3. The molecule has 0 spiro atoms. The van der Waals surface area contributed by atoms with E-state index in [9.17, 15) is 14.4 Å². The van der Waals surface area contributed by atoms with Crippen LogP contribution in [-0.4, -0.2) is 53.2 Å². The lowest BCUT2D eigenvalue weighted by atomic mass is 10.00. The van der Waals surface area contributed by atoms with E-state index < -0.39 is 11.1 Å². The molecule has 2 aliphatic rings. The molecule has 1 saturated heterocycles. The summed E-state index contributed by atoms with van der Waals surface area (Å²) in [6.07, 6.45) is 4.06. The van der Waals surface area contributed by atoms with Crippen LogP contribution in [0, 0.1) is 3.57 Å². The minimum atomic E-state index is -0.467. The molecule has 2 heterocycles. The van der Waals surface area contributed by atoms with Crippen molar-refractivity contribution in [3.8, 4) is 11.5 Å². The van der Waals surface area contributed by atoms with E-state index in [-0.39, 0.29) is 17.4 Å². The zero-order valence-corrected chi connectivity index (χ0v) is 22.3. The largest absolute Gasteiger partial charge is 0.490 e. The van der Waals surface area contributed by atoms with E-state index in [0.29, 0.717) is 43.4 Å². The lowest BCUT2D eigenvalue weighted by Crippen LogP contribution is -2.44. The summed E-state index contributed by atoms with van der Waals surface area (Å²) in [5.74, 6) is 0.448. The number of hydrogen-bond donors (Lipinski definition) is 0. The first-order valence-electron chi connectivity index (χ1n) is 11.2. The van der Waals surface area contributed by atoms with E-state index in [1.165, 1.54) is 5.56 Å². The van der Waals surface area contributed by atoms with Gasteiger partial charge in [0.1, 0.15) is 13.2 Å². The van der Waals surface area contributed by atoms with Crippen molar-refractivity contribution < 1.29 is 23.9 Å². The summed E-state index contributed by atoms with van der Waals surface area (Å²) < 4.78 is 12.3. The molecule has 35 heavy (non-hydrogen) atoms. The van der Waals surface area contributed by atoms with E-state index in [2.05, 4.69) is 35.2 Å². The zero-order valence-electron chi connectivity index (χ0n) is 19.3. The highest BCUT2D eigenvalue weighted by Crippen LogP contribution is 2.37. The van der Waals surface area contributed by atoms with Gasteiger partial charge in [-0.15, -0.1) is 0 Å². The van der Waals surface area contributed by atoms with Crippen molar-refractivity contribution in [3.05, 3.63) is 74.2 Å². The van der Waals surface area contributed by atoms with Crippen LogP contribution in [0.1, 0.15) is 23.6 Å². The smallest absolute Gasteiger partial charge is 0.294 e. The van der Waals surface area contributed by atoms with Crippen LogP contribution in [0.2, 0.25) is 0 Å². The quantitative estimate of drug-likeness (QED) is 0.243. The van der Waals surface area contributed by atoms with Gasteiger partial charge in [-0.2, -0.15) is 0 Å². The maximum absolute atomic E-state index is 13.0. The van der Waals surface area contributed by atoms with Crippen molar-refractivity contribution in [3.63, 3.8) is 0 Å². The monoisotopic (exact) mass is 604 g/mol. The molecule has 1 fully saturated rings. The Labute approximate surface area is 222 Å². The third-order valence-electron chi connectivity index (χ3n) is 5.63. The fourth-order valence-electron chi connectivity index (χ4n) is 3.95. The van der Waals surface area contributed by atoms with E-state index in [1.54, 1.807) is 23.1 Å². The van der Waals surface area contributed by atoms with Crippen LogP contribution in [0.5, 0.6) is 11.5 Å². The highest BCUT2D eigenvalue weighted by molar-refractivity contribution is 14.1. The Kier molecular flexibility index (Phi) is 8.17. The van der Waals surface area contributed by atoms with Crippen LogP contribution in [0.25, 0.3) is 6.08 Å². The second-order valence-corrected chi connectivity index (χ2v) is 10.1. The van der Waals surface area contributed by atoms with E-state index >= 15 is 0 Å². The maximum atomic E-state index is 13.0. The van der Waals surface area contributed by atoms with Crippen LogP contribution >= 0.6 is 34.4 Å². The van der Waals surface area contributed by atoms with E-state index in [1.807, 2.05) is 31.2 Å². The summed E-state index contributed by atoms with van der Waals surface area (Å²) in [7, 11) is 0. The Balaban J connectivity index is 1.49. The molecule has 4 rings (SSSR count). The summed E-state index contributed by atoms with van der Waals surface area (Å²) in [4.78, 5) is 41.5. The number of imide groups is 1. The third-order valence-corrected chi connectivity index (χ3v) is 7.33. The fourth-order valence-corrected chi connectivity index (χ4v) is 5.57. The lowest BCUT2D eigenvalue weighted by Gasteiger charge is -2.29. The van der Waals surface area contributed by atoms with Gasteiger partial charge in [-0.3, -0.25) is 19.3 Å². The van der Waals surface area contributed by atoms with Gasteiger partial charge in [-0.25, -0.2) is 0 Å². The van der Waals surface area contributed by atoms with Crippen molar-refractivity contribution in [1.82, 2.24) is 9.80 Å². The molecular formula is C26H25IN2O5S. The summed E-state index contributed by atoms with van der Waals surface area (Å²) >= 11 is 2.98. The molecule has 2 aromatic carbocycles. The van der Waals surface area contributed by atoms with E-state index in [0.717, 1.165) is 32.2 Å². The molecule has 7 nitrogen and oxygen atoms in total. The summed E-state index contributed by atoms with van der Waals surface area (Å²) in [6.45, 7) is 7.12. The molecule has 0 saturated carbocycles. The second-order valence-electron chi connectivity index (χ2n) is 7.96. The number of benzene rings is 2. The van der Waals surface area contributed by atoms with Crippen LogP contribution in [0.3, 0.4) is 0 Å². The highest BCUT2D eigenvalue weighted by Gasteiger charge is 2.37. The number of thioether (sulfide) groups is 1. The minimum absolute atomic E-state index is 0.236. The normalized spacial score (nSPS) is 16.5. The number of amides is 3. The van der Waals surface area contributed by atoms with Gasteiger partial charge in [0.05, 0.1) is 15.1 Å². The summed E-state index contributed by atoms with van der Waals surface area (Å²) in [5, 5.41) is -0.447. The molecule has 182 valence electrons. The van der Waals surface area contributed by atoms with Crippen LogP contribution in [-0.2, 0) is 22.6 Å². The average molecular weight is 604 g/mol. The number of carbonyl (C=O) groups excluding carboxylic acids is 3. The molecule has 0 aromatic heterocycles. The van der Waals surface area contributed by atoms with Gasteiger partial charge >= 0.3 is 0 Å². The molecule has 0 unspecified atom stereocenters. The predicted molar refractivity (Wildman–Crippen MR) is 144 cm³/mol. The molecule has 0 atom stereocenters. The van der Waals surface area contributed by atoms with Gasteiger partial charge in [0.15, 0.2) is 11.5 Å². The van der Waals surface area contributed by atoms with Gasteiger partial charge in [-0.1, -0.05) is 36.9 Å².